The number of rotatable bonds is 6. The Morgan fingerprint density at radius 1 is 1.41 bits per heavy atom. The fraction of sp³-hybridized carbons (Fsp3) is 0.692. The van der Waals surface area contributed by atoms with Crippen molar-refractivity contribution in [1.29, 1.82) is 0 Å². The van der Waals surface area contributed by atoms with E-state index in [0.717, 1.165) is 18.9 Å². The lowest BCUT2D eigenvalue weighted by atomic mass is 9.96. The molecule has 0 amide bonds. The first-order valence-corrected chi connectivity index (χ1v) is 8.11. The van der Waals surface area contributed by atoms with E-state index in [1.54, 1.807) is 0 Å². The van der Waals surface area contributed by atoms with Crippen LogP contribution in [0.25, 0.3) is 0 Å². The third kappa shape index (κ3) is 5.08. The Hall–Kier alpha value is 0.1000. The van der Waals surface area contributed by atoms with Gasteiger partial charge in [-0.1, -0.05) is 0 Å². The Labute approximate surface area is 116 Å². The van der Waals surface area contributed by atoms with Crippen molar-refractivity contribution >= 4 is 27.3 Å². The van der Waals surface area contributed by atoms with Crippen molar-refractivity contribution in [2.24, 2.45) is 5.92 Å². The highest BCUT2D eigenvalue weighted by Gasteiger charge is 2.11. The first-order chi connectivity index (χ1) is 8.34. The van der Waals surface area contributed by atoms with Crippen molar-refractivity contribution in [3.63, 3.8) is 0 Å². The van der Waals surface area contributed by atoms with E-state index in [2.05, 4.69) is 38.7 Å². The van der Waals surface area contributed by atoms with Crippen molar-refractivity contribution in [2.75, 3.05) is 26.2 Å². The van der Waals surface area contributed by atoms with E-state index in [0.29, 0.717) is 0 Å². The predicted octanol–water partition coefficient (Wildman–Crippen LogP) is 3.03. The molecule has 0 bridgehead atoms. The van der Waals surface area contributed by atoms with Gasteiger partial charge in [0.15, 0.2) is 0 Å². The van der Waals surface area contributed by atoms with Crippen LogP contribution in [0.3, 0.4) is 0 Å². The zero-order chi connectivity index (χ0) is 11.9. The van der Waals surface area contributed by atoms with Gasteiger partial charge in [-0.2, -0.15) is 0 Å². The Bertz CT molecular complexity index is 321. The van der Waals surface area contributed by atoms with Gasteiger partial charge in [0.1, 0.15) is 0 Å². The molecule has 1 atom stereocenters. The highest BCUT2D eigenvalue weighted by Crippen LogP contribution is 2.22. The summed E-state index contributed by atoms with van der Waals surface area (Å²) in [5.41, 5.74) is 0. The maximum Gasteiger partial charge on any atom is 0.0701 e. The summed E-state index contributed by atoms with van der Waals surface area (Å²) in [6, 6.07) is 4.34. The summed E-state index contributed by atoms with van der Waals surface area (Å²) in [5.74, 6) is 0.895. The van der Waals surface area contributed by atoms with Crippen molar-refractivity contribution in [2.45, 2.75) is 25.7 Å². The van der Waals surface area contributed by atoms with Crippen molar-refractivity contribution in [3.05, 3.63) is 20.8 Å². The first kappa shape index (κ1) is 13.5. The molecule has 2 nitrogen and oxygen atoms in total. The van der Waals surface area contributed by atoms with Gasteiger partial charge in [0.05, 0.1) is 3.79 Å². The lowest BCUT2D eigenvalue weighted by molar-refractivity contribution is 0.352. The van der Waals surface area contributed by atoms with E-state index in [1.807, 2.05) is 11.3 Å². The quantitative estimate of drug-likeness (QED) is 0.788. The zero-order valence-electron chi connectivity index (χ0n) is 10.2. The molecule has 2 N–H and O–H groups in total. The second kappa shape index (κ2) is 7.52. The molecule has 0 radical (unpaired) electrons. The van der Waals surface area contributed by atoms with Crippen LogP contribution in [0.1, 0.15) is 24.1 Å². The van der Waals surface area contributed by atoms with Crippen molar-refractivity contribution in [1.82, 2.24) is 10.6 Å². The summed E-state index contributed by atoms with van der Waals surface area (Å²) in [6.07, 6.45) is 5.24. The largest absolute Gasteiger partial charge is 0.316 e. The lowest BCUT2D eigenvalue weighted by Gasteiger charge is -2.22. The third-order valence-corrected chi connectivity index (χ3v) is 4.99. The highest BCUT2D eigenvalue weighted by atomic mass is 79.9. The van der Waals surface area contributed by atoms with E-state index in [4.69, 9.17) is 0 Å². The normalized spacial score (nSPS) is 20.6. The number of hydrogen-bond acceptors (Lipinski definition) is 3. The van der Waals surface area contributed by atoms with Crippen LogP contribution in [0.2, 0.25) is 0 Å². The fourth-order valence-electron chi connectivity index (χ4n) is 2.30. The highest BCUT2D eigenvalue weighted by molar-refractivity contribution is 9.11. The van der Waals surface area contributed by atoms with Crippen LogP contribution in [-0.2, 0) is 6.42 Å². The van der Waals surface area contributed by atoms with Gasteiger partial charge in [-0.05, 0) is 85.8 Å². The molecule has 1 aliphatic heterocycles. The topological polar surface area (TPSA) is 24.1 Å². The van der Waals surface area contributed by atoms with E-state index >= 15 is 0 Å². The summed E-state index contributed by atoms with van der Waals surface area (Å²) in [5, 5.41) is 7.03. The zero-order valence-corrected chi connectivity index (χ0v) is 12.6. The number of piperidine rings is 1. The third-order valence-electron chi connectivity index (χ3n) is 3.31. The molecule has 1 aliphatic rings. The van der Waals surface area contributed by atoms with Gasteiger partial charge in [-0.25, -0.2) is 0 Å². The molecule has 1 fully saturated rings. The minimum absolute atomic E-state index is 0.895. The molecule has 1 aromatic rings. The van der Waals surface area contributed by atoms with E-state index in [9.17, 15) is 0 Å². The van der Waals surface area contributed by atoms with Gasteiger partial charge >= 0.3 is 0 Å². The molecule has 2 rings (SSSR count). The first-order valence-electron chi connectivity index (χ1n) is 6.50. The molecule has 0 spiro atoms. The molecule has 96 valence electrons. The molecule has 0 saturated carbocycles. The molecule has 1 aromatic heterocycles. The van der Waals surface area contributed by atoms with Crippen LogP contribution in [0.5, 0.6) is 0 Å². The molecule has 17 heavy (non-hydrogen) atoms. The van der Waals surface area contributed by atoms with Crippen LogP contribution in [0.4, 0.5) is 0 Å². The van der Waals surface area contributed by atoms with Crippen LogP contribution in [0, 0.1) is 5.92 Å². The minimum atomic E-state index is 0.895. The van der Waals surface area contributed by atoms with Gasteiger partial charge < -0.3 is 10.6 Å². The molecular weight excluding hydrogens is 296 g/mol. The lowest BCUT2D eigenvalue weighted by Crippen LogP contribution is -2.32. The average Bonchev–Trinajstić information content (AvgIpc) is 2.76. The number of thiophene rings is 1. The number of hydrogen-bond donors (Lipinski definition) is 2. The van der Waals surface area contributed by atoms with Crippen LogP contribution in [0.15, 0.2) is 15.9 Å². The summed E-state index contributed by atoms with van der Waals surface area (Å²) in [4.78, 5) is 1.46. The molecular formula is C13H21BrN2S. The Morgan fingerprint density at radius 3 is 3.06 bits per heavy atom. The van der Waals surface area contributed by atoms with Crippen molar-refractivity contribution < 1.29 is 0 Å². The number of nitrogens with one attached hydrogen (secondary N) is 2. The second-order valence-electron chi connectivity index (χ2n) is 4.71. The van der Waals surface area contributed by atoms with Crippen LogP contribution in [-0.4, -0.2) is 26.2 Å². The van der Waals surface area contributed by atoms with Crippen LogP contribution < -0.4 is 10.6 Å². The van der Waals surface area contributed by atoms with Gasteiger partial charge in [0.25, 0.3) is 0 Å². The van der Waals surface area contributed by atoms with Crippen molar-refractivity contribution in [3.8, 4) is 0 Å². The number of halogens is 1. The van der Waals surface area contributed by atoms with E-state index in [-0.39, 0.29) is 0 Å². The SMILES string of the molecule is Brc1ccc(CCNCCC2CCCNC2)s1. The maximum absolute atomic E-state index is 3.55. The summed E-state index contributed by atoms with van der Waals surface area (Å²) >= 11 is 5.34. The molecule has 0 aliphatic carbocycles. The van der Waals surface area contributed by atoms with Gasteiger partial charge in [-0.15, -0.1) is 11.3 Å². The Balaban J connectivity index is 1.51. The van der Waals surface area contributed by atoms with Crippen LogP contribution >= 0.6 is 27.3 Å². The van der Waals surface area contributed by atoms with Gasteiger partial charge in [0.2, 0.25) is 0 Å². The van der Waals surface area contributed by atoms with Gasteiger partial charge in [0, 0.05) is 4.88 Å². The monoisotopic (exact) mass is 316 g/mol. The summed E-state index contributed by atoms with van der Waals surface area (Å²) in [7, 11) is 0. The molecule has 1 unspecified atom stereocenters. The summed E-state index contributed by atoms with van der Waals surface area (Å²) < 4.78 is 1.24. The maximum atomic E-state index is 3.55. The fourth-order valence-corrected chi connectivity index (χ4v) is 3.78. The molecule has 4 heteroatoms. The Morgan fingerprint density at radius 2 is 2.35 bits per heavy atom. The predicted molar refractivity (Wildman–Crippen MR) is 78.8 cm³/mol. The standard InChI is InChI=1S/C13H21BrN2S/c14-13-4-3-12(17-13)6-9-15-8-5-11-2-1-7-16-10-11/h3-4,11,15-16H,1-2,5-10H2. The summed E-state index contributed by atoms with van der Waals surface area (Å²) in [6.45, 7) is 4.71. The van der Waals surface area contributed by atoms with Gasteiger partial charge in [-0.3, -0.25) is 0 Å². The van der Waals surface area contributed by atoms with E-state index in [1.165, 1.54) is 47.6 Å². The average molecular weight is 317 g/mol. The smallest absolute Gasteiger partial charge is 0.0701 e. The second-order valence-corrected chi connectivity index (χ2v) is 7.25. The minimum Gasteiger partial charge on any atom is -0.316 e. The molecule has 0 aromatic carbocycles. The molecule has 2 heterocycles. The Kier molecular flexibility index (Phi) is 5.98. The molecule has 1 saturated heterocycles. The van der Waals surface area contributed by atoms with E-state index < -0.39 is 0 Å².